The summed E-state index contributed by atoms with van der Waals surface area (Å²) in [7, 11) is 0. The van der Waals surface area contributed by atoms with Gasteiger partial charge in [0.2, 0.25) is 5.91 Å². The van der Waals surface area contributed by atoms with Gasteiger partial charge in [-0.05, 0) is 42.9 Å². The third kappa shape index (κ3) is 4.51. The van der Waals surface area contributed by atoms with Gasteiger partial charge in [0.25, 0.3) is 0 Å². The van der Waals surface area contributed by atoms with Crippen LogP contribution in [0, 0.1) is 17.7 Å². The molecule has 0 saturated carbocycles. The fourth-order valence-electron chi connectivity index (χ4n) is 2.68. The summed E-state index contributed by atoms with van der Waals surface area (Å²) in [6.45, 7) is 8.19. The zero-order valence-electron chi connectivity index (χ0n) is 12.7. The van der Waals surface area contributed by atoms with Crippen LogP contribution in [0.15, 0.2) is 24.3 Å². The second-order valence-corrected chi connectivity index (χ2v) is 6.28. The Hall–Kier alpha value is -1.58. The molecule has 0 aliphatic heterocycles. The summed E-state index contributed by atoms with van der Waals surface area (Å²) in [6, 6.07) is 6.13. The van der Waals surface area contributed by atoms with Crippen LogP contribution in [-0.4, -0.2) is 11.4 Å². The molecule has 0 atom stereocenters. The van der Waals surface area contributed by atoms with Crippen molar-refractivity contribution in [2.75, 3.05) is 5.32 Å². The average molecular weight is 280 g/mol. The van der Waals surface area contributed by atoms with E-state index >= 15 is 0 Å². The van der Waals surface area contributed by atoms with E-state index in [1.165, 1.54) is 12.1 Å². The molecule has 1 rings (SSSR count). The maximum atomic E-state index is 13.3. The molecule has 0 aliphatic rings. The highest BCUT2D eigenvalue weighted by Gasteiger charge is 2.37. The highest BCUT2D eigenvalue weighted by atomic mass is 19.1. The molecule has 1 aromatic rings. The Morgan fingerprint density at radius 3 is 2.20 bits per heavy atom. The van der Waals surface area contributed by atoms with E-state index in [2.05, 4.69) is 5.32 Å². The molecule has 0 heterocycles. The first-order valence-electron chi connectivity index (χ1n) is 7.09. The Labute approximate surface area is 120 Å². The second kappa shape index (κ2) is 6.73. The van der Waals surface area contributed by atoms with E-state index in [4.69, 9.17) is 5.73 Å². The summed E-state index contributed by atoms with van der Waals surface area (Å²) in [5.74, 6) is -0.101. The van der Waals surface area contributed by atoms with Crippen LogP contribution in [-0.2, 0) is 4.79 Å². The minimum absolute atomic E-state index is 0.308. The van der Waals surface area contributed by atoms with E-state index in [1.54, 1.807) is 12.1 Å². The van der Waals surface area contributed by atoms with Crippen LogP contribution >= 0.6 is 0 Å². The van der Waals surface area contributed by atoms with Gasteiger partial charge in [0, 0.05) is 5.69 Å². The minimum atomic E-state index is -0.837. The zero-order chi connectivity index (χ0) is 15.3. The molecule has 0 fully saturated rings. The van der Waals surface area contributed by atoms with Crippen LogP contribution in [0.3, 0.4) is 0 Å². The van der Waals surface area contributed by atoms with Crippen molar-refractivity contribution < 1.29 is 9.18 Å². The second-order valence-electron chi connectivity index (χ2n) is 6.28. The number of carbonyl (C=O) groups excluding carboxylic acids is 1. The van der Waals surface area contributed by atoms with Crippen LogP contribution in [0.5, 0.6) is 0 Å². The van der Waals surface area contributed by atoms with E-state index in [9.17, 15) is 9.18 Å². The SMILES string of the molecule is CC(C)CC(CC(C)C)(Nc1cccc(F)c1)C(N)=O. The molecule has 0 saturated heterocycles. The minimum Gasteiger partial charge on any atom is -0.371 e. The Kier molecular flexibility index (Phi) is 5.54. The number of primary amides is 1. The Morgan fingerprint density at radius 1 is 1.25 bits per heavy atom. The van der Waals surface area contributed by atoms with Crippen LogP contribution < -0.4 is 11.1 Å². The summed E-state index contributed by atoms with van der Waals surface area (Å²) in [6.07, 6.45) is 1.24. The largest absolute Gasteiger partial charge is 0.371 e. The van der Waals surface area contributed by atoms with Crippen molar-refractivity contribution in [1.82, 2.24) is 0 Å². The monoisotopic (exact) mass is 280 g/mol. The third-order valence-electron chi connectivity index (χ3n) is 3.19. The van der Waals surface area contributed by atoms with E-state index in [-0.39, 0.29) is 11.7 Å². The van der Waals surface area contributed by atoms with Crippen molar-refractivity contribution in [3.63, 3.8) is 0 Å². The predicted molar refractivity (Wildman–Crippen MR) is 80.9 cm³/mol. The molecule has 3 N–H and O–H groups in total. The lowest BCUT2D eigenvalue weighted by molar-refractivity contribution is -0.123. The molecular formula is C16H25FN2O. The molecular weight excluding hydrogens is 255 g/mol. The number of hydrogen-bond acceptors (Lipinski definition) is 2. The van der Waals surface area contributed by atoms with Gasteiger partial charge in [-0.3, -0.25) is 4.79 Å². The molecule has 1 amide bonds. The highest BCUT2D eigenvalue weighted by Crippen LogP contribution is 2.29. The lowest BCUT2D eigenvalue weighted by Crippen LogP contribution is -2.52. The van der Waals surface area contributed by atoms with E-state index < -0.39 is 5.54 Å². The van der Waals surface area contributed by atoms with E-state index in [0.29, 0.717) is 30.4 Å². The van der Waals surface area contributed by atoms with Crippen LogP contribution in [0.2, 0.25) is 0 Å². The quantitative estimate of drug-likeness (QED) is 0.802. The first-order chi connectivity index (χ1) is 9.25. The molecule has 1 aromatic carbocycles. The summed E-state index contributed by atoms with van der Waals surface area (Å²) in [5.41, 5.74) is 5.41. The number of halogens is 1. The molecule has 0 bridgehead atoms. The maximum Gasteiger partial charge on any atom is 0.243 e. The number of amides is 1. The van der Waals surface area contributed by atoms with Gasteiger partial charge in [0.1, 0.15) is 11.4 Å². The van der Waals surface area contributed by atoms with E-state index in [1.807, 2.05) is 27.7 Å². The van der Waals surface area contributed by atoms with Crippen molar-refractivity contribution in [2.45, 2.75) is 46.1 Å². The number of rotatable bonds is 7. The third-order valence-corrected chi connectivity index (χ3v) is 3.19. The van der Waals surface area contributed by atoms with Gasteiger partial charge in [-0.1, -0.05) is 33.8 Å². The number of carbonyl (C=O) groups is 1. The van der Waals surface area contributed by atoms with Crippen LogP contribution in [0.4, 0.5) is 10.1 Å². The van der Waals surface area contributed by atoms with Crippen molar-refractivity contribution >= 4 is 11.6 Å². The lowest BCUT2D eigenvalue weighted by atomic mass is 9.81. The summed E-state index contributed by atoms with van der Waals surface area (Å²) < 4.78 is 13.3. The van der Waals surface area contributed by atoms with E-state index in [0.717, 1.165) is 0 Å². The predicted octanol–water partition coefficient (Wildman–Crippen LogP) is 3.55. The fourth-order valence-corrected chi connectivity index (χ4v) is 2.68. The number of anilines is 1. The van der Waals surface area contributed by atoms with Crippen molar-refractivity contribution in [1.29, 1.82) is 0 Å². The Balaban J connectivity index is 3.10. The van der Waals surface area contributed by atoms with Crippen molar-refractivity contribution in [2.24, 2.45) is 17.6 Å². The normalized spacial score (nSPS) is 11.9. The molecule has 0 unspecified atom stereocenters. The topological polar surface area (TPSA) is 55.1 Å². The van der Waals surface area contributed by atoms with Gasteiger partial charge in [-0.15, -0.1) is 0 Å². The van der Waals surface area contributed by atoms with Gasteiger partial charge >= 0.3 is 0 Å². The number of nitrogens with one attached hydrogen (secondary N) is 1. The zero-order valence-corrected chi connectivity index (χ0v) is 12.7. The molecule has 0 aliphatic carbocycles. The molecule has 112 valence electrons. The summed E-state index contributed by atoms with van der Waals surface area (Å²) in [4.78, 5) is 12.0. The molecule has 0 radical (unpaired) electrons. The lowest BCUT2D eigenvalue weighted by Gasteiger charge is -2.35. The van der Waals surface area contributed by atoms with Crippen molar-refractivity contribution in [3.8, 4) is 0 Å². The van der Waals surface area contributed by atoms with Gasteiger partial charge in [-0.25, -0.2) is 4.39 Å². The average Bonchev–Trinajstić information content (AvgIpc) is 2.26. The summed E-state index contributed by atoms with van der Waals surface area (Å²) >= 11 is 0. The molecule has 3 nitrogen and oxygen atoms in total. The number of hydrogen-bond donors (Lipinski definition) is 2. The molecule has 0 spiro atoms. The fraction of sp³-hybridized carbons (Fsp3) is 0.562. The molecule has 0 aromatic heterocycles. The number of nitrogens with two attached hydrogens (primary N) is 1. The highest BCUT2D eigenvalue weighted by molar-refractivity contribution is 5.88. The molecule has 20 heavy (non-hydrogen) atoms. The Bertz CT molecular complexity index is 448. The first kappa shape index (κ1) is 16.5. The van der Waals surface area contributed by atoms with Gasteiger partial charge < -0.3 is 11.1 Å². The standard InChI is InChI=1S/C16H25FN2O/c1-11(2)9-16(15(18)20,10-12(3)4)19-14-7-5-6-13(17)8-14/h5-8,11-12,19H,9-10H2,1-4H3,(H2,18,20). The maximum absolute atomic E-state index is 13.3. The number of benzene rings is 1. The van der Waals surface area contributed by atoms with Gasteiger partial charge in [0.05, 0.1) is 0 Å². The Morgan fingerprint density at radius 2 is 1.80 bits per heavy atom. The van der Waals surface area contributed by atoms with Gasteiger partial charge in [-0.2, -0.15) is 0 Å². The summed E-state index contributed by atoms with van der Waals surface area (Å²) in [5, 5.41) is 3.18. The van der Waals surface area contributed by atoms with Gasteiger partial charge in [0.15, 0.2) is 0 Å². The van der Waals surface area contributed by atoms with Crippen LogP contribution in [0.1, 0.15) is 40.5 Å². The first-order valence-corrected chi connectivity index (χ1v) is 7.09. The van der Waals surface area contributed by atoms with Crippen molar-refractivity contribution in [3.05, 3.63) is 30.1 Å². The molecule has 4 heteroatoms. The van der Waals surface area contributed by atoms with Crippen LogP contribution in [0.25, 0.3) is 0 Å². The smallest absolute Gasteiger partial charge is 0.243 e.